The molecule has 31 heavy (non-hydrogen) atoms. The molecular weight excluding hydrogens is 392 g/mol. The second-order valence-corrected chi connectivity index (χ2v) is 7.09. The molecule has 5 rings (SSSR count). The number of pyridine rings is 4. The first-order chi connectivity index (χ1) is 15.2. The molecule has 5 aromatic rings. The second-order valence-electron chi connectivity index (χ2n) is 7.09. The molecular formula is C24H18N4O3. The Morgan fingerprint density at radius 3 is 2.39 bits per heavy atom. The molecule has 0 unspecified atom stereocenters. The third-order valence-electron chi connectivity index (χ3n) is 5.22. The number of fused-ring (bicyclic) bond motifs is 2. The van der Waals surface area contributed by atoms with E-state index in [9.17, 15) is 9.59 Å². The molecule has 0 amide bonds. The van der Waals surface area contributed by atoms with Gasteiger partial charge in [-0.2, -0.15) is 0 Å². The molecule has 1 aromatic carbocycles. The molecule has 4 heterocycles. The van der Waals surface area contributed by atoms with Crippen molar-refractivity contribution in [3.63, 3.8) is 0 Å². The van der Waals surface area contributed by atoms with Crippen molar-refractivity contribution < 1.29 is 4.74 Å². The lowest BCUT2D eigenvalue weighted by molar-refractivity contribution is 0.412. The summed E-state index contributed by atoms with van der Waals surface area (Å²) in [4.78, 5) is 35.2. The zero-order valence-corrected chi connectivity index (χ0v) is 16.7. The predicted octanol–water partition coefficient (Wildman–Crippen LogP) is 3.15. The first-order valence-electron chi connectivity index (χ1n) is 9.74. The van der Waals surface area contributed by atoms with Crippen LogP contribution in [0.5, 0.6) is 5.75 Å². The summed E-state index contributed by atoms with van der Waals surface area (Å²) in [6, 6.07) is 18.0. The van der Waals surface area contributed by atoms with Gasteiger partial charge in [0.1, 0.15) is 5.75 Å². The highest BCUT2D eigenvalue weighted by atomic mass is 16.5. The van der Waals surface area contributed by atoms with Crippen molar-refractivity contribution in [2.45, 2.75) is 6.54 Å². The van der Waals surface area contributed by atoms with Crippen molar-refractivity contribution in [3.05, 3.63) is 106 Å². The smallest absolute Gasteiger partial charge is 0.264 e. The Labute approximate surface area is 176 Å². The van der Waals surface area contributed by atoms with Crippen molar-refractivity contribution in [2.24, 2.45) is 0 Å². The largest absolute Gasteiger partial charge is 0.495 e. The lowest BCUT2D eigenvalue weighted by Gasteiger charge is -2.12. The van der Waals surface area contributed by atoms with Gasteiger partial charge in [0.15, 0.2) is 0 Å². The summed E-state index contributed by atoms with van der Waals surface area (Å²) < 4.78 is 8.47. The zero-order chi connectivity index (χ0) is 21.4. The van der Waals surface area contributed by atoms with Crippen LogP contribution >= 0.6 is 0 Å². The Kier molecular flexibility index (Phi) is 4.55. The minimum atomic E-state index is -0.268. The maximum atomic E-state index is 13.3. The summed E-state index contributed by atoms with van der Waals surface area (Å²) in [5, 5.41) is 0.759. The number of methoxy groups -OCH3 is 1. The Morgan fingerprint density at radius 1 is 0.871 bits per heavy atom. The Bertz CT molecular complexity index is 1540. The molecule has 152 valence electrons. The minimum absolute atomic E-state index is 0.218. The summed E-state index contributed by atoms with van der Waals surface area (Å²) >= 11 is 0. The lowest BCUT2D eigenvalue weighted by atomic mass is 10.1. The van der Waals surface area contributed by atoms with E-state index in [1.807, 2.05) is 30.3 Å². The van der Waals surface area contributed by atoms with Crippen molar-refractivity contribution in [1.29, 1.82) is 0 Å². The molecule has 4 aromatic heterocycles. The van der Waals surface area contributed by atoms with Crippen molar-refractivity contribution in [3.8, 4) is 11.4 Å². The average Bonchev–Trinajstić information content (AvgIpc) is 2.81. The van der Waals surface area contributed by atoms with E-state index < -0.39 is 0 Å². The van der Waals surface area contributed by atoms with Crippen LogP contribution in [-0.4, -0.2) is 26.2 Å². The van der Waals surface area contributed by atoms with E-state index in [1.165, 1.54) is 4.57 Å². The van der Waals surface area contributed by atoms with Gasteiger partial charge < -0.3 is 9.30 Å². The minimum Gasteiger partial charge on any atom is -0.495 e. The third kappa shape index (κ3) is 3.26. The van der Waals surface area contributed by atoms with Crippen LogP contribution in [0.1, 0.15) is 5.69 Å². The van der Waals surface area contributed by atoms with Crippen LogP contribution in [0.2, 0.25) is 0 Å². The van der Waals surface area contributed by atoms with Gasteiger partial charge in [-0.05, 0) is 42.5 Å². The van der Waals surface area contributed by atoms with Gasteiger partial charge >= 0.3 is 0 Å². The Morgan fingerprint density at radius 2 is 1.61 bits per heavy atom. The summed E-state index contributed by atoms with van der Waals surface area (Å²) in [6.45, 7) is 0.341. The van der Waals surface area contributed by atoms with Gasteiger partial charge in [0.05, 0.1) is 46.8 Å². The van der Waals surface area contributed by atoms with Gasteiger partial charge in [0, 0.05) is 18.6 Å². The molecule has 0 fully saturated rings. The Hall–Kier alpha value is -4.26. The molecule has 0 radical (unpaired) electrons. The molecule has 7 heteroatoms. The number of para-hydroxylation sites is 2. The van der Waals surface area contributed by atoms with Crippen molar-refractivity contribution in [2.75, 3.05) is 7.11 Å². The van der Waals surface area contributed by atoms with Crippen LogP contribution in [0.15, 0.2) is 88.8 Å². The molecule has 0 atom stereocenters. The van der Waals surface area contributed by atoms with E-state index >= 15 is 0 Å². The van der Waals surface area contributed by atoms with Gasteiger partial charge in [-0.25, -0.2) is 4.98 Å². The van der Waals surface area contributed by atoms with Crippen LogP contribution in [0.4, 0.5) is 0 Å². The van der Waals surface area contributed by atoms with E-state index in [1.54, 1.807) is 60.6 Å². The summed E-state index contributed by atoms with van der Waals surface area (Å²) in [6.07, 6.45) is 5.06. The fraction of sp³-hybridized carbons (Fsp3) is 0.0833. The predicted molar refractivity (Wildman–Crippen MR) is 119 cm³/mol. The number of ether oxygens (including phenoxy) is 1. The number of hydrogen-bond acceptors (Lipinski definition) is 5. The average molecular weight is 410 g/mol. The van der Waals surface area contributed by atoms with E-state index in [0.29, 0.717) is 39.8 Å². The number of nitrogens with zero attached hydrogens (tertiary/aromatic N) is 4. The van der Waals surface area contributed by atoms with Crippen LogP contribution in [-0.2, 0) is 6.54 Å². The quantitative estimate of drug-likeness (QED) is 0.425. The molecule has 0 N–H and O–H groups in total. The fourth-order valence-electron chi connectivity index (χ4n) is 3.67. The third-order valence-corrected chi connectivity index (χ3v) is 5.22. The van der Waals surface area contributed by atoms with Gasteiger partial charge in [-0.15, -0.1) is 0 Å². The van der Waals surface area contributed by atoms with E-state index in [2.05, 4.69) is 9.97 Å². The van der Waals surface area contributed by atoms with Crippen LogP contribution in [0.3, 0.4) is 0 Å². The van der Waals surface area contributed by atoms with Gasteiger partial charge in [0.2, 0.25) is 0 Å². The number of benzene rings is 1. The highest BCUT2D eigenvalue weighted by Gasteiger charge is 2.13. The maximum Gasteiger partial charge on any atom is 0.264 e. The fourth-order valence-corrected chi connectivity index (χ4v) is 3.67. The standard InChI is InChI=1S/C24H18N4O3/c1-31-22-8-3-2-7-21(22)28-13-10-20-18(24(28)30)14-17-19(26-20)9-12-27(23(17)29)15-16-6-4-5-11-25-16/h2-14H,15H2,1H3. The van der Waals surface area contributed by atoms with Gasteiger partial charge in [0.25, 0.3) is 11.1 Å². The molecule has 7 nitrogen and oxygen atoms in total. The van der Waals surface area contributed by atoms with Gasteiger partial charge in [-0.3, -0.25) is 19.1 Å². The molecule has 0 saturated heterocycles. The number of hydrogen-bond donors (Lipinski definition) is 0. The molecule has 0 bridgehead atoms. The summed E-state index contributed by atoms with van der Waals surface area (Å²) in [5.74, 6) is 0.579. The normalized spacial score (nSPS) is 11.1. The molecule has 0 aliphatic carbocycles. The van der Waals surface area contributed by atoms with E-state index in [-0.39, 0.29) is 11.1 Å². The highest BCUT2D eigenvalue weighted by Crippen LogP contribution is 2.22. The second kappa shape index (κ2) is 7.53. The van der Waals surface area contributed by atoms with Crippen molar-refractivity contribution in [1.82, 2.24) is 19.1 Å². The SMILES string of the molecule is COc1ccccc1-n1ccc2nc3ccn(Cc4ccccn4)c(=O)c3cc2c1=O. The number of rotatable bonds is 4. The van der Waals surface area contributed by atoms with Crippen molar-refractivity contribution >= 4 is 21.8 Å². The summed E-state index contributed by atoms with van der Waals surface area (Å²) in [7, 11) is 1.56. The molecule has 0 aliphatic rings. The number of aromatic nitrogens is 4. The Balaban J connectivity index is 1.70. The first-order valence-corrected chi connectivity index (χ1v) is 9.74. The van der Waals surface area contributed by atoms with Crippen LogP contribution in [0, 0.1) is 0 Å². The van der Waals surface area contributed by atoms with Crippen LogP contribution < -0.4 is 15.9 Å². The first kappa shape index (κ1) is 18.7. The lowest BCUT2D eigenvalue weighted by Crippen LogP contribution is -2.22. The van der Waals surface area contributed by atoms with Crippen LogP contribution in [0.25, 0.3) is 27.5 Å². The van der Waals surface area contributed by atoms with Gasteiger partial charge in [-0.1, -0.05) is 18.2 Å². The topological polar surface area (TPSA) is 79.0 Å². The molecule has 0 aliphatic heterocycles. The van der Waals surface area contributed by atoms with E-state index in [4.69, 9.17) is 4.74 Å². The molecule has 0 spiro atoms. The molecule has 0 saturated carbocycles. The highest BCUT2D eigenvalue weighted by molar-refractivity contribution is 5.91. The van der Waals surface area contributed by atoms with E-state index in [0.717, 1.165) is 5.69 Å². The summed E-state index contributed by atoms with van der Waals surface area (Å²) in [5.41, 5.74) is 1.99. The maximum absolute atomic E-state index is 13.3. The monoisotopic (exact) mass is 410 g/mol. The zero-order valence-electron chi connectivity index (χ0n) is 16.7.